The van der Waals surface area contributed by atoms with Gasteiger partial charge in [-0.25, -0.2) is 0 Å². The van der Waals surface area contributed by atoms with E-state index in [0.29, 0.717) is 26.6 Å². The molecule has 0 bridgehead atoms. The summed E-state index contributed by atoms with van der Waals surface area (Å²) in [5.41, 5.74) is 1.95. The lowest BCUT2D eigenvalue weighted by Gasteiger charge is -2.25. The van der Waals surface area contributed by atoms with E-state index in [-0.39, 0.29) is 23.6 Å². The van der Waals surface area contributed by atoms with E-state index in [1.54, 1.807) is 48.4 Å². The van der Waals surface area contributed by atoms with Gasteiger partial charge in [-0.15, -0.1) is 0 Å². The summed E-state index contributed by atoms with van der Waals surface area (Å²) >= 11 is 12.4. The van der Waals surface area contributed by atoms with E-state index in [1.165, 1.54) is 0 Å². The van der Waals surface area contributed by atoms with Gasteiger partial charge in [-0.3, -0.25) is 9.59 Å². The van der Waals surface area contributed by atoms with Gasteiger partial charge in [0.1, 0.15) is 11.3 Å². The third kappa shape index (κ3) is 3.44. The summed E-state index contributed by atoms with van der Waals surface area (Å²) in [7, 11) is 1.60. The topological polar surface area (TPSA) is 59.8 Å². The Kier molecular flexibility index (Phi) is 5.16. The quantitative estimate of drug-likeness (QED) is 0.379. The van der Waals surface area contributed by atoms with Crippen molar-refractivity contribution in [3.8, 4) is 5.75 Å². The molecule has 7 heteroatoms. The summed E-state index contributed by atoms with van der Waals surface area (Å²) in [6.45, 7) is 0.279. The van der Waals surface area contributed by atoms with Gasteiger partial charge in [-0.2, -0.15) is 0 Å². The molecule has 1 atom stereocenters. The average Bonchev–Trinajstić information content (AvgIpc) is 3.07. The number of carbonyl (C=O) groups is 1. The Morgan fingerprint density at radius 3 is 2.44 bits per heavy atom. The zero-order chi connectivity index (χ0) is 22.4. The molecule has 1 unspecified atom stereocenters. The predicted octanol–water partition coefficient (Wildman–Crippen LogP) is 5.85. The molecule has 5 rings (SSSR count). The molecule has 1 aromatic heterocycles. The van der Waals surface area contributed by atoms with E-state index >= 15 is 0 Å². The molecular formula is C25H17Cl2NO4. The second kappa shape index (κ2) is 8.01. The number of hydrogen-bond acceptors (Lipinski definition) is 4. The van der Waals surface area contributed by atoms with Crippen LogP contribution in [0.2, 0.25) is 10.0 Å². The molecule has 0 radical (unpaired) electrons. The van der Waals surface area contributed by atoms with Crippen LogP contribution in [0, 0.1) is 0 Å². The highest BCUT2D eigenvalue weighted by atomic mass is 35.5. The number of halogens is 2. The number of amides is 1. The molecule has 0 fully saturated rings. The number of hydrogen-bond donors (Lipinski definition) is 0. The minimum atomic E-state index is -0.641. The SMILES string of the molecule is COc1ccc(CN2C(=O)c3oc4ccc(Cl)cc4c(=O)c3C2c2cccc(Cl)c2)cc1. The van der Waals surface area contributed by atoms with Crippen molar-refractivity contribution >= 4 is 40.1 Å². The summed E-state index contributed by atoms with van der Waals surface area (Å²) in [6.07, 6.45) is 0. The summed E-state index contributed by atoms with van der Waals surface area (Å²) < 4.78 is 11.2. The van der Waals surface area contributed by atoms with E-state index in [4.69, 9.17) is 32.4 Å². The van der Waals surface area contributed by atoms with E-state index in [1.807, 2.05) is 30.3 Å². The van der Waals surface area contributed by atoms with Crippen molar-refractivity contribution in [2.75, 3.05) is 7.11 Å². The molecule has 0 saturated heterocycles. The summed E-state index contributed by atoms with van der Waals surface area (Å²) in [5, 5.41) is 1.27. The van der Waals surface area contributed by atoms with Gasteiger partial charge in [0.2, 0.25) is 5.76 Å². The third-order valence-corrected chi connectivity index (χ3v) is 6.07. The molecule has 0 N–H and O–H groups in total. The second-order valence-corrected chi connectivity index (χ2v) is 8.43. The molecule has 4 aromatic rings. The molecule has 1 amide bonds. The Morgan fingerprint density at radius 2 is 1.72 bits per heavy atom. The predicted molar refractivity (Wildman–Crippen MR) is 124 cm³/mol. The van der Waals surface area contributed by atoms with Crippen molar-refractivity contribution < 1.29 is 13.9 Å². The van der Waals surface area contributed by atoms with E-state index < -0.39 is 6.04 Å². The third-order valence-electron chi connectivity index (χ3n) is 5.60. The smallest absolute Gasteiger partial charge is 0.291 e. The Balaban J connectivity index is 1.70. The van der Waals surface area contributed by atoms with Crippen molar-refractivity contribution in [2.24, 2.45) is 0 Å². The molecule has 5 nitrogen and oxygen atoms in total. The lowest BCUT2D eigenvalue weighted by Crippen LogP contribution is -2.29. The fourth-order valence-electron chi connectivity index (χ4n) is 4.11. The first-order chi connectivity index (χ1) is 15.5. The number of nitrogens with zero attached hydrogens (tertiary/aromatic N) is 1. The molecule has 2 heterocycles. The molecule has 0 saturated carbocycles. The number of ether oxygens (including phenoxy) is 1. The number of fused-ring (bicyclic) bond motifs is 2. The molecule has 0 aliphatic carbocycles. The van der Waals surface area contributed by atoms with Crippen molar-refractivity contribution in [1.82, 2.24) is 4.90 Å². The van der Waals surface area contributed by atoms with Crippen LogP contribution < -0.4 is 10.2 Å². The first-order valence-electron chi connectivity index (χ1n) is 9.92. The summed E-state index contributed by atoms with van der Waals surface area (Å²) in [6, 6.07) is 18.7. The van der Waals surface area contributed by atoms with Crippen molar-refractivity contribution in [1.29, 1.82) is 0 Å². The fraction of sp³-hybridized carbons (Fsp3) is 0.120. The molecular weight excluding hydrogens is 449 g/mol. The van der Waals surface area contributed by atoms with Gasteiger partial charge in [-0.05, 0) is 53.6 Å². The zero-order valence-electron chi connectivity index (χ0n) is 17.0. The molecule has 32 heavy (non-hydrogen) atoms. The first kappa shape index (κ1) is 20.6. The van der Waals surface area contributed by atoms with Crippen LogP contribution in [-0.4, -0.2) is 17.9 Å². The highest BCUT2D eigenvalue weighted by Gasteiger charge is 2.42. The van der Waals surface area contributed by atoms with Crippen LogP contribution in [-0.2, 0) is 6.54 Å². The lowest BCUT2D eigenvalue weighted by molar-refractivity contribution is 0.0714. The molecule has 160 valence electrons. The van der Waals surface area contributed by atoms with Crippen LogP contribution in [0.1, 0.15) is 33.3 Å². The minimum Gasteiger partial charge on any atom is -0.497 e. The van der Waals surface area contributed by atoms with E-state index in [2.05, 4.69) is 0 Å². The summed E-state index contributed by atoms with van der Waals surface area (Å²) in [4.78, 5) is 28.6. The molecule has 0 spiro atoms. The minimum absolute atomic E-state index is 0.0447. The first-order valence-corrected chi connectivity index (χ1v) is 10.7. The lowest BCUT2D eigenvalue weighted by atomic mass is 9.98. The van der Waals surface area contributed by atoms with E-state index in [0.717, 1.165) is 16.9 Å². The molecule has 1 aliphatic heterocycles. The van der Waals surface area contributed by atoms with E-state index in [9.17, 15) is 9.59 Å². The second-order valence-electron chi connectivity index (χ2n) is 7.55. The van der Waals surface area contributed by atoms with Gasteiger partial charge >= 0.3 is 0 Å². The van der Waals surface area contributed by atoms with Gasteiger partial charge in [0.15, 0.2) is 5.43 Å². The Hall–Kier alpha value is -3.28. The maximum absolute atomic E-state index is 13.5. The van der Waals surface area contributed by atoms with Crippen LogP contribution in [0.4, 0.5) is 0 Å². The number of methoxy groups -OCH3 is 1. The van der Waals surface area contributed by atoms with Crippen LogP contribution >= 0.6 is 23.2 Å². The Labute approximate surface area is 193 Å². The number of rotatable bonds is 4. The Bertz CT molecular complexity index is 1410. The van der Waals surface area contributed by atoms with Gasteiger partial charge in [-0.1, -0.05) is 47.5 Å². The van der Waals surface area contributed by atoms with Crippen LogP contribution in [0.5, 0.6) is 5.75 Å². The van der Waals surface area contributed by atoms with Crippen LogP contribution in [0.15, 0.2) is 75.9 Å². The number of carbonyl (C=O) groups excluding carboxylic acids is 1. The standard InChI is InChI=1S/C25H17Cl2NO4/c1-31-18-8-5-14(6-9-18)13-28-22(15-3-2-4-16(26)11-15)21-23(29)19-12-17(27)7-10-20(19)32-24(21)25(28)30/h2-12,22H,13H2,1H3. The van der Waals surface area contributed by atoms with Crippen LogP contribution in [0.25, 0.3) is 11.0 Å². The van der Waals surface area contributed by atoms with Gasteiger partial charge in [0.05, 0.1) is 24.1 Å². The highest BCUT2D eigenvalue weighted by molar-refractivity contribution is 6.31. The molecule has 3 aromatic carbocycles. The maximum Gasteiger partial charge on any atom is 0.291 e. The van der Waals surface area contributed by atoms with Crippen molar-refractivity contribution in [2.45, 2.75) is 12.6 Å². The van der Waals surface area contributed by atoms with Crippen molar-refractivity contribution in [3.05, 3.63) is 109 Å². The average molecular weight is 466 g/mol. The van der Waals surface area contributed by atoms with Crippen molar-refractivity contribution in [3.63, 3.8) is 0 Å². The Morgan fingerprint density at radius 1 is 0.969 bits per heavy atom. The summed E-state index contributed by atoms with van der Waals surface area (Å²) in [5.74, 6) is 0.411. The zero-order valence-corrected chi connectivity index (χ0v) is 18.5. The number of benzene rings is 3. The normalized spacial score (nSPS) is 15.3. The van der Waals surface area contributed by atoms with Crippen LogP contribution in [0.3, 0.4) is 0 Å². The van der Waals surface area contributed by atoms with Gasteiger partial charge in [0, 0.05) is 16.6 Å². The monoisotopic (exact) mass is 465 g/mol. The highest BCUT2D eigenvalue weighted by Crippen LogP contribution is 2.40. The largest absolute Gasteiger partial charge is 0.497 e. The fourth-order valence-corrected chi connectivity index (χ4v) is 4.48. The van der Waals surface area contributed by atoms with Gasteiger partial charge in [0.25, 0.3) is 5.91 Å². The van der Waals surface area contributed by atoms with Gasteiger partial charge < -0.3 is 14.1 Å². The maximum atomic E-state index is 13.5. The molecule has 1 aliphatic rings.